The van der Waals surface area contributed by atoms with Crippen LogP contribution in [0.5, 0.6) is 0 Å². The predicted molar refractivity (Wildman–Crippen MR) is 75.1 cm³/mol. The van der Waals surface area contributed by atoms with E-state index >= 15 is 0 Å². The van der Waals surface area contributed by atoms with Crippen molar-refractivity contribution in [2.24, 2.45) is 11.7 Å². The number of rotatable bonds is 5. The van der Waals surface area contributed by atoms with Gasteiger partial charge in [0.25, 0.3) is 0 Å². The minimum Gasteiger partial charge on any atom is -0.323 e. The summed E-state index contributed by atoms with van der Waals surface area (Å²) in [5.41, 5.74) is 5.47. The minimum atomic E-state index is -4.34. The molecule has 0 aliphatic heterocycles. The Balaban J connectivity index is 2.80. The summed E-state index contributed by atoms with van der Waals surface area (Å²) in [5.74, 6) is 0.974. The van der Waals surface area contributed by atoms with E-state index in [1.807, 2.05) is 0 Å². The molecule has 0 aliphatic rings. The van der Waals surface area contributed by atoms with Gasteiger partial charge < -0.3 is 5.73 Å². The van der Waals surface area contributed by atoms with Crippen LogP contribution >= 0.6 is 11.8 Å². The van der Waals surface area contributed by atoms with E-state index in [-0.39, 0.29) is 5.56 Å². The average Bonchev–Trinajstić information content (AvgIpc) is 2.34. The average molecular weight is 291 g/mol. The van der Waals surface area contributed by atoms with E-state index in [1.165, 1.54) is 12.1 Å². The number of alkyl halides is 3. The van der Waals surface area contributed by atoms with Crippen molar-refractivity contribution in [1.82, 2.24) is 0 Å². The lowest BCUT2D eigenvalue weighted by Gasteiger charge is -2.21. The van der Waals surface area contributed by atoms with E-state index in [9.17, 15) is 13.2 Å². The zero-order valence-corrected chi connectivity index (χ0v) is 12.2. The fourth-order valence-corrected chi connectivity index (χ4v) is 2.69. The van der Waals surface area contributed by atoms with Gasteiger partial charge in [0.05, 0.1) is 5.56 Å². The number of hydrogen-bond acceptors (Lipinski definition) is 2. The fourth-order valence-electron chi connectivity index (χ4n) is 1.62. The SMILES string of the molecule is CC(C)C(C)SCC(N)c1ccccc1C(F)(F)F. The third-order valence-corrected chi connectivity index (χ3v) is 4.76. The van der Waals surface area contributed by atoms with Gasteiger partial charge in [0.2, 0.25) is 0 Å². The van der Waals surface area contributed by atoms with Crippen LogP contribution in [0.25, 0.3) is 0 Å². The van der Waals surface area contributed by atoms with Crippen molar-refractivity contribution in [1.29, 1.82) is 0 Å². The van der Waals surface area contributed by atoms with Crippen LogP contribution in [0.3, 0.4) is 0 Å². The molecule has 0 aliphatic carbocycles. The number of hydrogen-bond donors (Lipinski definition) is 1. The first-order valence-corrected chi connectivity index (χ1v) is 7.31. The van der Waals surface area contributed by atoms with E-state index in [2.05, 4.69) is 20.8 Å². The molecule has 0 bridgehead atoms. The smallest absolute Gasteiger partial charge is 0.323 e. The Morgan fingerprint density at radius 1 is 1.16 bits per heavy atom. The molecule has 1 nitrogen and oxygen atoms in total. The molecule has 108 valence electrons. The molecule has 0 saturated heterocycles. The molecule has 0 saturated carbocycles. The quantitative estimate of drug-likeness (QED) is 0.865. The summed E-state index contributed by atoms with van der Waals surface area (Å²) in [5, 5.41) is 0.379. The highest BCUT2D eigenvalue weighted by atomic mass is 32.2. The van der Waals surface area contributed by atoms with E-state index in [4.69, 9.17) is 5.73 Å². The lowest BCUT2D eigenvalue weighted by atomic mass is 10.0. The second kappa shape index (κ2) is 6.66. The van der Waals surface area contributed by atoms with E-state index in [1.54, 1.807) is 17.8 Å². The summed E-state index contributed by atoms with van der Waals surface area (Å²) in [6.45, 7) is 6.25. The maximum absolute atomic E-state index is 12.9. The van der Waals surface area contributed by atoms with Crippen LogP contribution in [0.2, 0.25) is 0 Å². The first kappa shape index (κ1) is 16.4. The van der Waals surface area contributed by atoms with Gasteiger partial charge in [0.15, 0.2) is 0 Å². The third kappa shape index (κ3) is 4.73. The molecule has 0 aromatic heterocycles. The molecule has 5 heteroatoms. The molecule has 0 amide bonds. The van der Waals surface area contributed by atoms with Crippen molar-refractivity contribution >= 4 is 11.8 Å². The molecule has 19 heavy (non-hydrogen) atoms. The molecule has 1 aromatic carbocycles. The molecule has 1 rings (SSSR count). The van der Waals surface area contributed by atoms with Gasteiger partial charge in [-0.25, -0.2) is 0 Å². The number of nitrogens with two attached hydrogens (primary N) is 1. The van der Waals surface area contributed by atoms with Crippen molar-refractivity contribution in [2.75, 3.05) is 5.75 Å². The van der Waals surface area contributed by atoms with Crippen molar-refractivity contribution in [2.45, 2.75) is 38.2 Å². The Morgan fingerprint density at radius 2 is 1.74 bits per heavy atom. The fraction of sp³-hybridized carbons (Fsp3) is 0.571. The molecular weight excluding hydrogens is 271 g/mol. The van der Waals surface area contributed by atoms with Crippen LogP contribution in [0.1, 0.15) is 37.9 Å². The van der Waals surface area contributed by atoms with Crippen LogP contribution in [0.15, 0.2) is 24.3 Å². The summed E-state index contributed by atoms with van der Waals surface area (Å²) in [7, 11) is 0. The van der Waals surface area contributed by atoms with Gasteiger partial charge in [-0.1, -0.05) is 39.0 Å². The molecule has 0 fully saturated rings. The number of benzene rings is 1. The van der Waals surface area contributed by atoms with Crippen LogP contribution in [0.4, 0.5) is 13.2 Å². The van der Waals surface area contributed by atoms with Crippen molar-refractivity contribution < 1.29 is 13.2 Å². The minimum absolute atomic E-state index is 0.179. The lowest BCUT2D eigenvalue weighted by molar-refractivity contribution is -0.138. The van der Waals surface area contributed by atoms with Gasteiger partial charge >= 0.3 is 6.18 Å². The van der Waals surface area contributed by atoms with E-state index in [0.717, 1.165) is 6.07 Å². The number of halogens is 3. The van der Waals surface area contributed by atoms with Crippen molar-refractivity contribution in [3.05, 3.63) is 35.4 Å². The Hall–Kier alpha value is -0.680. The molecule has 2 N–H and O–H groups in total. The zero-order chi connectivity index (χ0) is 14.6. The third-order valence-electron chi connectivity index (χ3n) is 3.14. The van der Waals surface area contributed by atoms with Crippen molar-refractivity contribution in [3.8, 4) is 0 Å². The van der Waals surface area contributed by atoms with Crippen molar-refractivity contribution in [3.63, 3.8) is 0 Å². The lowest BCUT2D eigenvalue weighted by Crippen LogP contribution is -2.20. The second-order valence-electron chi connectivity index (χ2n) is 4.97. The van der Waals surface area contributed by atoms with Gasteiger partial charge in [0, 0.05) is 17.0 Å². The van der Waals surface area contributed by atoms with E-state index in [0.29, 0.717) is 16.9 Å². The topological polar surface area (TPSA) is 26.0 Å². The molecule has 2 unspecified atom stereocenters. The summed E-state index contributed by atoms with van der Waals surface area (Å²) >= 11 is 1.61. The maximum atomic E-state index is 12.9. The molecule has 1 aromatic rings. The van der Waals surface area contributed by atoms with E-state index < -0.39 is 17.8 Å². The van der Waals surface area contributed by atoms with Crippen LogP contribution in [-0.4, -0.2) is 11.0 Å². The highest BCUT2D eigenvalue weighted by Crippen LogP contribution is 2.35. The summed E-state index contributed by atoms with van der Waals surface area (Å²) < 4.78 is 38.6. The Bertz CT molecular complexity index is 404. The first-order valence-electron chi connectivity index (χ1n) is 6.26. The van der Waals surface area contributed by atoms with Gasteiger partial charge in [-0.3, -0.25) is 0 Å². The molecule has 0 heterocycles. The molecule has 0 radical (unpaired) electrons. The summed E-state index contributed by atoms with van der Waals surface area (Å²) in [4.78, 5) is 0. The summed E-state index contributed by atoms with van der Waals surface area (Å²) in [6, 6.07) is 4.95. The normalized spacial score (nSPS) is 15.6. The van der Waals surface area contributed by atoms with Gasteiger partial charge in [-0.15, -0.1) is 0 Å². The highest BCUT2D eigenvalue weighted by Gasteiger charge is 2.34. The zero-order valence-electron chi connectivity index (χ0n) is 11.4. The Labute approximate surface area is 116 Å². The molecule has 0 spiro atoms. The predicted octanol–water partition coefficient (Wildman–Crippen LogP) is 4.48. The van der Waals surface area contributed by atoms with Gasteiger partial charge in [0.1, 0.15) is 0 Å². The standard InChI is InChI=1S/C14H20F3NS/c1-9(2)10(3)19-8-13(18)11-6-4-5-7-12(11)14(15,16)17/h4-7,9-10,13H,8,18H2,1-3H3. The molecule has 2 atom stereocenters. The Kier molecular flexibility index (Phi) is 5.74. The van der Waals surface area contributed by atoms with Gasteiger partial charge in [-0.05, 0) is 17.5 Å². The Morgan fingerprint density at radius 3 is 2.26 bits per heavy atom. The van der Waals surface area contributed by atoms with Gasteiger partial charge in [-0.2, -0.15) is 24.9 Å². The summed E-state index contributed by atoms with van der Waals surface area (Å²) in [6.07, 6.45) is -4.34. The largest absolute Gasteiger partial charge is 0.416 e. The number of thioether (sulfide) groups is 1. The first-order chi connectivity index (χ1) is 8.73. The second-order valence-corrected chi connectivity index (χ2v) is 6.38. The van der Waals surface area contributed by atoms with Crippen LogP contribution < -0.4 is 5.73 Å². The van der Waals surface area contributed by atoms with Crippen LogP contribution in [0, 0.1) is 5.92 Å². The van der Waals surface area contributed by atoms with Crippen LogP contribution in [-0.2, 0) is 6.18 Å². The highest BCUT2D eigenvalue weighted by molar-refractivity contribution is 7.99. The maximum Gasteiger partial charge on any atom is 0.416 e. The monoisotopic (exact) mass is 291 g/mol. The molecular formula is C14H20F3NS.